The lowest BCUT2D eigenvalue weighted by molar-refractivity contribution is -0.123. The van der Waals surface area contributed by atoms with Gasteiger partial charge in [0.1, 0.15) is 12.4 Å². The molecule has 4 nitrogen and oxygen atoms in total. The summed E-state index contributed by atoms with van der Waals surface area (Å²) < 4.78 is 53.3. The Bertz CT molecular complexity index is 437. The third kappa shape index (κ3) is 5.87. The van der Waals surface area contributed by atoms with E-state index in [1.807, 2.05) is 5.32 Å². The van der Waals surface area contributed by atoms with E-state index in [0.717, 1.165) is 0 Å². The van der Waals surface area contributed by atoms with Gasteiger partial charge in [-0.3, -0.25) is 4.79 Å². The monoisotopic (exact) mass is 295 g/mol. The van der Waals surface area contributed by atoms with Gasteiger partial charge in [0.25, 0.3) is 5.92 Å². The van der Waals surface area contributed by atoms with E-state index in [2.05, 4.69) is 4.74 Å². The second kappa shape index (κ2) is 7.09. The second-order valence-corrected chi connectivity index (χ2v) is 3.99. The van der Waals surface area contributed by atoms with Crippen molar-refractivity contribution in [3.63, 3.8) is 0 Å². The molecule has 1 aromatic carbocycles. The number of benzene rings is 1. The predicted molar refractivity (Wildman–Crippen MR) is 61.8 cm³/mol. The van der Waals surface area contributed by atoms with Crippen molar-refractivity contribution < 1.29 is 32.2 Å². The van der Waals surface area contributed by atoms with Gasteiger partial charge in [-0.15, -0.1) is 0 Å². The fraction of sp³-hybridized carbons (Fsp3) is 0.417. The van der Waals surface area contributed by atoms with E-state index in [0.29, 0.717) is 5.56 Å². The van der Waals surface area contributed by atoms with Crippen LogP contribution in [0, 0.1) is 0 Å². The lowest BCUT2D eigenvalue weighted by Gasteiger charge is -2.14. The van der Waals surface area contributed by atoms with Crippen LogP contribution in [-0.2, 0) is 11.2 Å². The van der Waals surface area contributed by atoms with Gasteiger partial charge in [0.05, 0.1) is 13.0 Å². The number of ether oxygens (including phenoxy) is 1. The predicted octanol–water partition coefficient (Wildman–Crippen LogP) is 1.57. The molecule has 8 heteroatoms. The molecule has 0 aliphatic heterocycles. The molecular weight excluding hydrogens is 282 g/mol. The molecule has 0 saturated carbocycles. The molecule has 1 aromatic rings. The summed E-state index contributed by atoms with van der Waals surface area (Å²) in [5.41, 5.74) is 0.455. The third-order valence-corrected chi connectivity index (χ3v) is 2.29. The van der Waals surface area contributed by atoms with Crippen molar-refractivity contribution in [1.82, 2.24) is 5.32 Å². The quantitative estimate of drug-likeness (QED) is 0.751. The Morgan fingerprint density at radius 2 is 1.90 bits per heavy atom. The highest BCUT2D eigenvalue weighted by molar-refractivity contribution is 5.78. The Morgan fingerprint density at radius 3 is 2.40 bits per heavy atom. The lowest BCUT2D eigenvalue weighted by Crippen LogP contribution is -2.39. The molecule has 0 unspecified atom stereocenters. The highest BCUT2D eigenvalue weighted by Gasteiger charge is 2.28. The normalized spacial score (nSPS) is 11.5. The summed E-state index contributed by atoms with van der Waals surface area (Å²) in [7, 11) is 0. The van der Waals surface area contributed by atoms with Crippen LogP contribution < -0.4 is 10.1 Å². The molecule has 20 heavy (non-hydrogen) atoms. The third-order valence-electron chi connectivity index (χ3n) is 2.29. The first kappa shape index (κ1) is 16.2. The van der Waals surface area contributed by atoms with Crippen LogP contribution in [-0.4, -0.2) is 36.7 Å². The van der Waals surface area contributed by atoms with Crippen molar-refractivity contribution in [1.29, 1.82) is 0 Å². The van der Waals surface area contributed by atoms with E-state index < -0.39 is 31.6 Å². The number of hydrogen-bond acceptors (Lipinski definition) is 3. The van der Waals surface area contributed by atoms with Gasteiger partial charge < -0.3 is 15.2 Å². The number of hydrogen-bond donors (Lipinski definition) is 2. The summed E-state index contributed by atoms with van der Waals surface area (Å²) in [6, 6.07) is 5.25. The van der Waals surface area contributed by atoms with E-state index >= 15 is 0 Å². The number of halogens is 4. The number of carbonyl (C=O) groups is 1. The Kier molecular flexibility index (Phi) is 5.75. The van der Waals surface area contributed by atoms with Crippen molar-refractivity contribution in [2.45, 2.75) is 19.0 Å². The minimum absolute atomic E-state index is 0.0593. The van der Waals surface area contributed by atoms with Crippen LogP contribution in [0.25, 0.3) is 0 Å². The first-order valence-electron chi connectivity index (χ1n) is 5.61. The van der Waals surface area contributed by atoms with Crippen molar-refractivity contribution >= 4 is 5.91 Å². The molecule has 0 saturated heterocycles. The Balaban J connectivity index is 2.46. The smallest absolute Gasteiger partial charge is 0.387 e. The minimum Gasteiger partial charge on any atom is -0.435 e. The lowest BCUT2D eigenvalue weighted by atomic mass is 10.1. The van der Waals surface area contributed by atoms with Crippen LogP contribution in [0.4, 0.5) is 17.6 Å². The molecule has 2 N–H and O–H groups in total. The van der Waals surface area contributed by atoms with Crippen LogP contribution in [0.2, 0.25) is 0 Å². The molecule has 0 heterocycles. The molecule has 0 bridgehead atoms. The van der Waals surface area contributed by atoms with Gasteiger partial charge in [-0.25, -0.2) is 8.78 Å². The molecular formula is C12H13F4NO3. The minimum atomic E-state index is -3.37. The summed E-state index contributed by atoms with van der Waals surface area (Å²) in [6.45, 7) is -5.26. The maximum atomic E-state index is 12.7. The first-order chi connectivity index (χ1) is 9.32. The maximum absolute atomic E-state index is 12.7. The van der Waals surface area contributed by atoms with Gasteiger partial charge in [0.15, 0.2) is 0 Å². The van der Waals surface area contributed by atoms with E-state index in [1.165, 1.54) is 24.3 Å². The molecule has 0 aromatic heterocycles. The molecule has 1 amide bonds. The van der Waals surface area contributed by atoms with Gasteiger partial charge in [-0.1, -0.05) is 12.1 Å². The van der Waals surface area contributed by atoms with Crippen molar-refractivity contribution in [3.8, 4) is 5.75 Å². The number of carbonyl (C=O) groups excluding carboxylic acids is 1. The molecule has 112 valence electrons. The largest absolute Gasteiger partial charge is 0.435 e. The fourth-order valence-electron chi connectivity index (χ4n) is 1.32. The van der Waals surface area contributed by atoms with Gasteiger partial charge in [0.2, 0.25) is 5.91 Å². The summed E-state index contributed by atoms with van der Waals surface area (Å²) in [5, 5.41) is 10.3. The van der Waals surface area contributed by atoms with Gasteiger partial charge >= 0.3 is 6.61 Å². The van der Waals surface area contributed by atoms with Crippen LogP contribution >= 0.6 is 0 Å². The summed E-state index contributed by atoms with van der Waals surface area (Å²) in [6.07, 6.45) is -0.184. The Hall–Kier alpha value is -1.83. The number of rotatable bonds is 7. The van der Waals surface area contributed by atoms with Crippen molar-refractivity contribution in [2.24, 2.45) is 0 Å². The average molecular weight is 295 g/mol. The Morgan fingerprint density at radius 1 is 1.30 bits per heavy atom. The SMILES string of the molecule is O=C(Cc1ccc(OC(F)F)cc1)NCC(F)(F)CO. The second-order valence-electron chi connectivity index (χ2n) is 3.99. The van der Waals surface area contributed by atoms with E-state index in [1.54, 1.807) is 0 Å². The molecule has 0 spiro atoms. The van der Waals surface area contributed by atoms with E-state index in [4.69, 9.17) is 5.11 Å². The van der Waals surface area contributed by atoms with Crippen molar-refractivity contribution in [3.05, 3.63) is 29.8 Å². The molecule has 0 radical (unpaired) electrons. The number of nitrogens with one attached hydrogen (secondary N) is 1. The fourth-order valence-corrected chi connectivity index (χ4v) is 1.32. The average Bonchev–Trinajstić information content (AvgIpc) is 2.38. The summed E-state index contributed by atoms with van der Waals surface area (Å²) in [4.78, 5) is 11.4. The van der Waals surface area contributed by atoms with E-state index in [9.17, 15) is 22.4 Å². The van der Waals surface area contributed by atoms with Crippen LogP contribution in [0.15, 0.2) is 24.3 Å². The molecule has 0 fully saturated rings. The molecule has 1 rings (SSSR count). The topological polar surface area (TPSA) is 58.6 Å². The standard InChI is InChI=1S/C12H13F4NO3/c13-11(14)20-9-3-1-8(2-4-9)5-10(19)17-6-12(15,16)7-18/h1-4,11,18H,5-7H2,(H,17,19). The first-order valence-corrected chi connectivity index (χ1v) is 5.61. The zero-order valence-corrected chi connectivity index (χ0v) is 10.3. The van der Waals surface area contributed by atoms with Gasteiger partial charge in [-0.05, 0) is 17.7 Å². The highest BCUT2D eigenvalue weighted by atomic mass is 19.3. The van der Waals surface area contributed by atoms with E-state index in [-0.39, 0.29) is 12.2 Å². The zero-order valence-electron chi connectivity index (χ0n) is 10.3. The highest BCUT2D eigenvalue weighted by Crippen LogP contribution is 2.15. The van der Waals surface area contributed by atoms with Gasteiger partial charge in [0, 0.05) is 0 Å². The Labute approximate surface area is 112 Å². The molecule has 0 aliphatic carbocycles. The van der Waals surface area contributed by atoms with Crippen LogP contribution in [0.1, 0.15) is 5.56 Å². The number of alkyl halides is 4. The van der Waals surface area contributed by atoms with Crippen molar-refractivity contribution in [2.75, 3.05) is 13.2 Å². The summed E-state index contributed by atoms with van der Waals surface area (Å²) in [5.74, 6) is -4.10. The number of aliphatic hydroxyl groups is 1. The number of amides is 1. The maximum Gasteiger partial charge on any atom is 0.387 e. The van der Waals surface area contributed by atoms with Crippen LogP contribution in [0.3, 0.4) is 0 Å². The van der Waals surface area contributed by atoms with Crippen LogP contribution in [0.5, 0.6) is 5.75 Å². The summed E-state index contributed by atoms with van der Waals surface area (Å²) >= 11 is 0. The molecule has 0 atom stereocenters. The van der Waals surface area contributed by atoms with Gasteiger partial charge in [-0.2, -0.15) is 8.78 Å². The molecule has 0 aliphatic rings. The zero-order chi connectivity index (χ0) is 15.2. The number of aliphatic hydroxyl groups excluding tert-OH is 1.